The number of nitrogens with one attached hydrogen (secondary N) is 1. The first-order valence-electron chi connectivity index (χ1n) is 8.68. The number of hydrogen-bond acceptors (Lipinski definition) is 8. The molecule has 0 spiro atoms. The molecule has 27 heavy (non-hydrogen) atoms. The van der Waals surface area contributed by atoms with Gasteiger partial charge in [0.15, 0.2) is 0 Å². The Morgan fingerprint density at radius 2 is 2.19 bits per heavy atom. The molecule has 1 aliphatic heterocycles. The van der Waals surface area contributed by atoms with Crippen LogP contribution in [0, 0.1) is 0 Å². The molecule has 0 fully saturated rings. The van der Waals surface area contributed by atoms with Gasteiger partial charge in [-0.05, 0) is 37.6 Å². The number of nitrogens with zero attached hydrogens (tertiary/aromatic N) is 5. The van der Waals surface area contributed by atoms with E-state index in [-0.39, 0.29) is 5.56 Å². The lowest BCUT2D eigenvalue weighted by Crippen LogP contribution is -2.27. The third-order valence-electron chi connectivity index (χ3n) is 4.81. The smallest absolute Gasteiger partial charge is 0.263 e. The Morgan fingerprint density at radius 3 is 3.04 bits per heavy atom. The molecule has 0 saturated heterocycles. The first-order valence-corrected chi connectivity index (χ1v) is 9.50. The average Bonchev–Trinajstić information content (AvgIpc) is 3.34. The van der Waals surface area contributed by atoms with E-state index in [1.807, 2.05) is 19.1 Å². The summed E-state index contributed by atoms with van der Waals surface area (Å²) >= 11 is 1.59. The van der Waals surface area contributed by atoms with Crippen molar-refractivity contribution in [2.24, 2.45) is 0 Å². The quantitative estimate of drug-likeness (QED) is 0.581. The van der Waals surface area contributed by atoms with Crippen LogP contribution in [0.25, 0.3) is 21.6 Å². The van der Waals surface area contributed by atoms with E-state index in [1.165, 1.54) is 4.88 Å². The van der Waals surface area contributed by atoms with E-state index in [1.54, 1.807) is 34.6 Å². The molecular formula is C18H16N6O2S. The molecule has 4 aromatic rings. The van der Waals surface area contributed by atoms with E-state index in [0.29, 0.717) is 11.7 Å². The summed E-state index contributed by atoms with van der Waals surface area (Å²) in [5.41, 5.74) is 1.87. The van der Waals surface area contributed by atoms with Crippen LogP contribution in [0.3, 0.4) is 0 Å². The molecule has 8 nitrogen and oxygen atoms in total. The molecule has 0 unspecified atom stereocenters. The van der Waals surface area contributed by atoms with Crippen LogP contribution in [0.5, 0.6) is 0 Å². The number of hydrogen-bond donors (Lipinski definition) is 1. The summed E-state index contributed by atoms with van der Waals surface area (Å²) in [5, 5.41) is 8.09. The summed E-state index contributed by atoms with van der Waals surface area (Å²) < 4.78 is 6.99. The Hall–Kier alpha value is -2.91. The van der Waals surface area contributed by atoms with E-state index in [9.17, 15) is 4.79 Å². The molecule has 4 aromatic heterocycles. The van der Waals surface area contributed by atoms with Crippen LogP contribution in [-0.4, -0.2) is 31.2 Å². The maximum Gasteiger partial charge on any atom is 0.263 e. The van der Waals surface area contributed by atoms with Crippen LogP contribution in [0.2, 0.25) is 0 Å². The van der Waals surface area contributed by atoms with Crippen molar-refractivity contribution in [2.45, 2.75) is 25.9 Å². The summed E-state index contributed by atoms with van der Waals surface area (Å²) in [7, 11) is 0. The predicted molar refractivity (Wildman–Crippen MR) is 101 cm³/mol. The first kappa shape index (κ1) is 16.3. The monoisotopic (exact) mass is 380 g/mol. The van der Waals surface area contributed by atoms with Crippen molar-refractivity contribution < 1.29 is 4.52 Å². The molecule has 0 saturated carbocycles. The normalized spacial score (nSPS) is 15.0. The number of fused-ring (bicyclic) bond motifs is 3. The highest BCUT2D eigenvalue weighted by Crippen LogP contribution is 2.30. The van der Waals surface area contributed by atoms with Crippen molar-refractivity contribution >= 4 is 21.6 Å². The van der Waals surface area contributed by atoms with Crippen molar-refractivity contribution in [3.05, 3.63) is 57.5 Å². The van der Waals surface area contributed by atoms with Crippen LogP contribution in [-0.2, 0) is 13.0 Å². The van der Waals surface area contributed by atoms with Crippen LogP contribution in [0.1, 0.15) is 29.3 Å². The lowest BCUT2D eigenvalue weighted by molar-refractivity contribution is 0.342. The maximum absolute atomic E-state index is 13.2. The summed E-state index contributed by atoms with van der Waals surface area (Å²) in [6, 6.07) is 3.21. The maximum atomic E-state index is 13.2. The van der Waals surface area contributed by atoms with Gasteiger partial charge in [0, 0.05) is 29.4 Å². The highest BCUT2D eigenvalue weighted by atomic mass is 32.1. The van der Waals surface area contributed by atoms with Crippen molar-refractivity contribution in [1.29, 1.82) is 0 Å². The minimum absolute atomic E-state index is 0.0597. The zero-order valence-corrected chi connectivity index (χ0v) is 15.4. The van der Waals surface area contributed by atoms with Crippen LogP contribution < -0.4 is 10.9 Å². The van der Waals surface area contributed by atoms with Gasteiger partial charge in [0.2, 0.25) is 11.7 Å². The van der Waals surface area contributed by atoms with Gasteiger partial charge in [-0.2, -0.15) is 4.98 Å². The topological polar surface area (TPSA) is 98.7 Å². The van der Waals surface area contributed by atoms with Crippen LogP contribution >= 0.6 is 11.3 Å². The van der Waals surface area contributed by atoms with Crippen LogP contribution in [0.15, 0.2) is 40.2 Å². The highest BCUT2D eigenvalue weighted by molar-refractivity contribution is 7.18. The average molecular weight is 380 g/mol. The Bertz CT molecular complexity index is 1180. The molecule has 0 bridgehead atoms. The Labute approximate surface area is 157 Å². The highest BCUT2D eigenvalue weighted by Gasteiger charge is 2.23. The van der Waals surface area contributed by atoms with Crippen molar-refractivity contribution in [3.8, 4) is 11.4 Å². The van der Waals surface area contributed by atoms with Gasteiger partial charge < -0.3 is 9.84 Å². The molecule has 9 heteroatoms. The first-order chi connectivity index (χ1) is 13.2. The summed E-state index contributed by atoms with van der Waals surface area (Å²) in [5.74, 6) is 0.844. The summed E-state index contributed by atoms with van der Waals surface area (Å²) in [4.78, 5) is 28.1. The largest absolute Gasteiger partial charge is 0.337 e. The fourth-order valence-corrected chi connectivity index (χ4v) is 4.49. The third kappa shape index (κ3) is 2.66. The van der Waals surface area contributed by atoms with E-state index in [4.69, 9.17) is 4.52 Å². The molecular weight excluding hydrogens is 364 g/mol. The SMILES string of the molecule is C[C@H](c1nc(-c2ccncc2)no1)n1cnc2sc3c(c2c1=O)CCNC3. The van der Waals surface area contributed by atoms with Crippen LogP contribution in [0.4, 0.5) is 0 Å². The summed E-state index contributed by atoms with van der Waals surface area (Å²) in [6.07, 6.45) is 5.76. The van der Waals surface area contributed by atoms with Gasteiger partial charge in [-0.15, -0.1) is 11.3 Å². The van der Waals surface area contributed by atoms with Gasteiger partial charge in [-0.25, -0.2) is 4.98 Å². The fraction of sp³-hybridized carbons (Fsp3) is 0.278. The summed E-state index contributed by atoms with van der Waals surface area (Å²) in [6.45, 7) is 3.53. The second-order valence-corrected chi connectivity index (χ2v) is 7.52. The van der Waals surface area contributed by atoms with Gasteiger partial charge in [-0.3, -0.25) is 14.3 Å². The third-order valence-corrected chi connectivity index (χ3v) is 5.95. The Balaban J connectivity index is 1.57. The van der Waals surface area contributed by atoms with Gasteiger partial charge in [0.1, 0.15) is 10.9 Å². The minimum atomic E-state index is -0.408. The zero-order chi connectivity index (χ0) is 18.4. The lowest BCUT2D eigenvalue weighted by atomic mass is 10.1. The second-order valence-electron chi connectivity index (χ2n) is 6.44. The van der Waals surface area contributed by atoms with Gasteiger partial charge in [0.25, 0.3) is 5.56 Å². The lowest BCUT2D eigenvalue weighted by Gasteiger charge is -2.13. The standard InChI is InChI=1S/C18H16N6O2S/c1-10(16-22-15(23-26-16)11-2-5-19-6-3-11)24-9-21-17-14(18(24)25)12-4-7-20-8-13(12)27-17/h2-3,5-6,9-10,20H,4,7-8H2,1H3/t10-/m1/s1. The number of thiophene rings is 1. The molecule has 1 N–H and O–H groups in total. The molecule has 0 aliphatic carbocycles. The van der Waals surface area contributed by atoms with Gasteiger partial charge in [-0.1, -0.05) is 5.16 Å². The molecule has 0 radical (unpaired) electrons. The van der Waals surface area contributed by atoms with Crippen molar-refractivity contribution in [3.63, 3.8) is 0 Å². The molecule has 1 aliphatic rings. The van der Waals surface area contributed by atoms with E-state index in [2.05, 4.69) is 25.4 Å². The number of rotatable bonds is 3. The zero-order valence-electron chi connectivity index (χ0n) is 14.5. The fourth-order valence-electron chi connectivity index (χ4n) is 3.35. The molecule has 0 aromatic carbocycles. The molecule has 5 rings (SSSR count). The van der Waals surface area contributed by atoms with Crippen molar-refractivity contribution in [1.82, 2.24) is 30.0 Å². The molecule has 0 amide bonds. The van der Waals surface area contributed by atoms with Gasteiger partial charge in [0.05, 0.1) is 11.7 Å². The predicted octanol–water partition coefficient (Wildman–Crippen LogP) is 2.16. The second kappa shape index (κ2) is 6.36. The van der Waals surface area contributed by atoms with Crippen molar-refractivity contribution in [2.75, 3.05) is 6.54 Å². The van der Waals surface area contributed by atoms with E-state index >= 15 is 0 Å². The minimum Gasteiger partial charge on any atom is -0.337 e. The van der Waals surface area contributed by atoms with E-state index in [0.717, 1.165) is 40.9 Å². The number of pyridine rings is 1. The van der Waals surface area contributed by atoms with E-state index < -0.39 is 6.04 Å². The Morgan fingerprint density at radius 1 is 1.33 bits per heavy atom. The van der Waals surface area contributed by atoms with Gasteiger partial charge >= 0.3 is 0 Å². The molecule has 136 valence electrons. The number of aromatic nitrogens is 5. The molecule has 5 heterocycles. The molecule has 1 atom stereocenters. The Kier molecular flexibility index (Phi) is 3.83.